The Balaban J connectivity index is 1.82. The quantitative estimate of drug-likeness (QED) is 0.684. The second-order valence-corrected chi connectivity index (χ2v) is 5.37. The number of amides is 2. The first-order chi connectivity index (χ1) is 7.58. The molecule has 0 aliphatic carbocycles. The third-order valence-corrected chi connectivity index (χ3v) is 4.55. The summed E-state index contributed by atoms with van der Waals surface area (Å²) in [7, 11) is 0. The molecule has 6 heteroatoms. The average molecular weight is 243 g/mol. The molecule has 2 aliphatic rings. The van der Waals surface area contributed by atoms with Crippen molar-refractivity contribution in [3.05, 3.63) is 0 Å². The van der Waals surface area contributed by atoms with Crippen LogP contribution in [0.25, 0.3) is 0 Å². The number of hydrogen-bond donors (Lipinski definition) is 0. The maximum Gasteiger partial charge on any atom is 0.334 e. The van der Waals surface area contributed by atoms with E-state index in [-0.39, 0.29) is 24.5 Å². The zero-order valence-electron chi connectivity index (χ0n) is 8.97. The molecule has 16 heavy (non-hydrogen) atoms. The second-order valence-electron chi connectivity index (χ2n) is 4.10. The molecule has 0 spiro atoms. The van der Waals surface area contributed by atoms with Gasteiger partial charge < -0.3 is 4.84 Å². The van der Waals surface area contributed by atoms with Gasteiger partial charge in [0, 0.05) is 18.1 Å². The van der Waals surface area contributed by atoms with Crippen molar-refractivity contribution in [3.8, 4) is 0 Å². The lowest BCUT2D eigenvalue weighted by Crippen LogP contribution is -2.36. The minimum atomic E-state index is -0.493. The number of hydroxylamine groups is 2. The van der Waals surface area contributed by atoms with Crippen molar-refractivity contribution in [2.75, 3.05) is 5.75 Å². The van der Waals surface area contributed by atoms with Gasteiger partial charge in [0.05, 0.1) is 6.42 Å². The molecule has 0 aromatic rings. The molecule has 2 rings (SSSR count). The van der Waals surface area contributed by atoms with Crippen LogP contribution in [0.15, 0.2) is 0 Å². The fourth-order valence-electron chi connectivity index (χ4n) is 1.65. The van der Waals surface area contributed by atoms with Crippen LogP contribution in [0.1, 0.15) is 26.2 Å². The van der Waals surface area contributed by atoms with Crippen LogP contribution in [-0.4, -0.2) is 33.8 Å². The molecule has 0 N–H and O–H groups in total. The van der Waals surface area contributed by atoms with E-state index in [4.69, 9.17) is 4.84 Å². The van der Waals surface area contributed by atoms with E-state index in [0.29, 0.717) is 11.0 Å². The van der Waals surface area contributed by atoms with Crippen molar-refractivity contribution >= 4 is 29.5 Å². The van der Waals surface area contributed by atoms with Gasteiger partial charge in [-0.05, 0) is 11.7 Å². The third kappa shape index (κ3) is 2.21. The van der Waals surface area contributed by atoms with Gasteiger partial charge in [0.1, 0.15) is 0 Å². The number of carbonyl (C=O) groups is 3. The van der Waals surface area contributed by atoms with Gasteiger partial charge >= 0.3 is 5.97 Å². The Morgan fingerprint density at radius 3 is 2.50 bits per heavy atom. The summed E-state index contributed by atoms with van der Waals surface area (Å²) in [5.74, 6) is 0.218. The standard InChI is InChI=1S/C10H13NO4S/c1-6-5-16-7(6)4-10(14)15-11-8(12)2-3-9(11)13/h6-7H,2-5H2,1H3. The monoisotopic (exact) mass is 243 g/mol. The Kier molecular flexibility index (Phi) is 3.18. The maximum absolute atomic E-state index is 11.5. The molecular formula is C10H13NO4S. The van der Waals surface area contributed by atoms with E-state index in [9.17, 15) is 14.4 Å². The third-order valence-electron chi connectivity index (χ3n) is 2.77. The molecule has 2 fully saturated rings. The van der Waals surface area contributed by atoms with Crippen LogP contribution in [0.3, 0.4) is 0 Å². The Bertz CT molecular complexity index is 328. The summed E-state index contributed by atoms with van der Waals surface area (Å²) < 4.78 is 0. The Morgan fingerprint density at radius 1 is 1.44 bits per heavy atom. The summed E-state index contributed by atoms with van der Waals surface area (Å²) >= 11 is 1.71. The van der Waals surface area contributed by atoms with Crippen LogP contribution in [0, 0.1) is 5.92 Å². The van der Waals surface area contributed by atoms with Gasteiger partial charge in [0.25, 0.3) is 11.8 Å². The normalized spacial score (nSPS) is 29.2. The highest BCUT2D eigenvalue weighted by molar-refractivity contribution is 8.01. The molecule has 2 unspecified atom stereocenters. The minimum Gasteiger partial charge on any atom is -0.330 e. The number of nitrogens with zero attached hydrogens (tertiary/aromatic N) is 1. The zero-order valence-corrected chi connectivity index (χ0v) is 9.79. The molecule has 0 aromatic heterocycles. The summed E-state index contributed by atoms with van der Waals surface area (Å²) in [5.41, 5.74) is 0. The molecule has 2 atom stereocenters. The number of hydrogen-bond acceptors (Lipinski definition) is 5. The predicted molar refractivity (Wildman–Crippen MR) is 57.2 cm³/mol. The molecule has 2 aliphatic heterocycles. The zero-order chi connectivity index (χ0) is 11.7. The molecule has 88 valence electrons. The van der Waals surface area contributed by atoms with Crippen LogP contribution in [0.5, 0.6) is 0 Å². The summed E-state index contributed by atoms with van der Waals surface area (Å²) in [6.45, 7) is 2.07. The summed E-state index contributed by atoms with van der Waals surface area (Å²) in [5, 5.41) is 0.872. The lowest BCUT2D eigenvalue weighted by Gasteiger charge is -2.32. The average Bonchev–Trinajstić information content (AvgIpc) is 2.55. The highest BCUT2D eigenvalue weighted by atomic mass is 32.2. The Morgan fingerprint density at radius 2 is 2.06 bits per heavy atom. The smallest absolute Gasteiger partial charge is 0.330 e. The molecule has 2 heterocycles. The topological polar surface area (TPSA) is 63.7 Å². The first-order valence-electron chi connectivity index (χ1n) is 5.26. The number of carbonyl (C=O) groups excluding carboxylic acids is 3. The van der Waals surface area contributed by atoms with Gasteiger partial charge in [-0.3, -0.25) is 9.59 Å². The van der Waals surface area contributed by atoms with Crippen LogP contribution in [-0.2, 0) is 19.2 Å². The summed E-state index contributed by atoms with van der Waals surface area (Å²) in [6.07, 6.45) is 0.546. The van der Waals surface area contributed by atoms with Crippen molar-refractivity contribution in [1.82, 2.24) is 5.06 Å². The van der Waals surface area contributed by atoms with Crippen LogP contribution < -0.4 is 0 Å². The lowest BCUT2D eigenvalue weighted by atomic mass is 10.1. The fourth-order valence-corrected chi connectivity index (χ4v) is 2.75. The van der Waals surface area contributed by atoms with Gasteiger partial charge in [0.2, 0.25) is 0 Å². The van der Waals surface area contributed by atoms with E-state index in [1.807, 2.05) is 0 Å². The van der Waals surface area contributed by atoms with Crippen LogP contribution in [0.4, 0.5) is 0 Å². The molecule has 2 saturated heterocycles. The van der Waals surface area contributed by atoms with E-state index in [0.717, 1.165) is 5.75 Å². The second kappa shape index (κ2) is 4.45. The van der Waals surface area contributed by atoms with Crippen LogP contribution in [0.2, 0.25) is 0 Å². The first kappa shape index (κ1) is 11.4. The lowest BCUT2D eigenvalue weighted by molar-refractivity contribution is -0.197. The highest BCUT2D eigenvalue weighted by Gasteiger charge is 2.35. The van der Waals surface area contributed by atoms with Gasteiger partial charge in [-0.2, -0.15) is 11.8 Å². The molecule has 0 radical (unpaired) electrons. The van der Waals surface area contributed by atoms with Crippen molar-refractivity contribution < 1.29 is 19.2 Å². The largest absolute Gasteiger partial charge is 0.334 e. The maximum atomic E-state index is 11.5. The number of rotatable bonds is 3. The van der Waals surface area contributed by atoms with Gasteiger partial charge in [0.15, 0.2) is 0 Å². The minimum absolute atomic E-state index is 0.140. The highest BCUT2D eigenvalue weighted by Crippen LogP contribution is 2.36. The predicted octanol–water partition coefficient (Wildman–Crippen LogP) is 0.735. The fraction of sp³-hybridized carbons (Fsp3) is 0.700. The van der Waals surface area contributed by atoms with E-state index in [2.05, 4.69) is 6.92 Å². The molecule has 5 nitrogen and oxygen atoms in total. The summed E-state index contributed by atoms with van der Waals surface area (Å²) in [6, 6.07) is 0. The number of thioether (sulfide) groups is 1. The molecule has 0 aromatic carbocycles. The number of imide groups is 1. The SMILES string of the molecule is CC1CSC1CC(=O)ON1C(=O)CCC1=O. The van der Waals surface area contributed by atoms with Crippen LogP contribution >= 0.6 is 11.8 Å². The van der Waals surface area contributed by atoms with E-state index >= 15 is 0 Å². The molecule has 2 amide bonds. The van der Waals surface area contributed by atoms with E-state index in [1.54, 1.807) is 11.8 Å². The van der Waals surface area contributed by atoms with Crippen molar-refractivity contribution in [2.45, 2.75) is 31.4 Å². The van der Waals surface area contributed by atoms with Gasteiger partial charge in [-0.1, -0.05) is 6.92 Å². The first-order valence-corrected chi connectivity index (χ1v) is 6.31. The molecule has 0 bridgehead atoms. The molecular weight excluding hydrogens is 230 g/mol. The van der Waals surface area contributed by atoms with Gasteiger partial charge in [-0.25, -0.2) is 4.79 Å². The van der Waals surface area contributed by atoms with Crippen molar-refractivity contribution in [2.24, 2.45) is 5.92 Å². The Hall–Kier alpha value is -1.04. The van der Waals surface area contributed by atoms with E-state index < -0.39 is 17.8 Å². The summed E-state index contributed by atoms with van der Waals surface area (Å²) in [4.78, 5) is 38.6. The van der Waals surface area contributed by atoms with Crippen molar-refractivity contribution in [3.63, 3.8) is 0 Å². The van der Waals surface area contributed by atoms with Crippen molar-refractivity contribution in [1.29, 1.82) is 0 Å². The van der Waals surface area contributed by atoms with E-state index in [1.165, 1.54) is 0 Å². The molecule has 0 saturated carbocycles. The van der Waals surface area contributed by atoms with Gasteiger partial charge in [-0.15, -0.1) is 5.06 Å². The Labute approximate surface area is 97.4 Å².